The highest BCUT2D eigenvalue weighted by Crippen LogP contribution is 2.71. The number of aliphatic hydroxyl groups excluding tert-OH is 2. The van der Waals surface area contributed by atoms with Crippen molar-refractivity contribution in [1.29, 1.82) is 0 Å². The standard InChI is InChI=1S/C24H38O2/c1-15(25)16-9-13-24(6)18-7-8-19-21(2,3)20(26)11-12-22(19,4)17(18)10-14-23(16,24)5/h7,10,15-16,19-20,25-26H,8-9,11-14H2,1-6H3/t15?,16-,19?,20+,22-,23-,24+/m1/s1. The molecule has 4 aliphatic rings. The Bertz CT molecular complexity index is 672. The second kappa shape index (κ2) is 5.47. The number of hydrogen-bond donors (Lipinski definition) is 2. The van der Waals surface area contributed by atoms with E-state index in [0.717, 1.165) is 32.1 Å². The van der Waals surface area contributed by atoms with Crippen LogP contribution in [-0.4, -0.2) is 22.4 Å². The van der Waals surface area contributed by atoms with Crippen LogP contribution in [0.25, 0.3) is 0 Å². The van der Waals surface area contributed by atoms with Crippen LogP contribution in [0.2, 0.25) is 0 Å². The fourth-order valence-corrected chi connectivity index (χ4v) is 7.81. The maximum absolute atomic E-state index is 10.7. The number of allylic oxidation sites excluding steroid dienone is 4. The van der Waals surface area contributed by atoms with Crippen molar-refractivity contribution in [2.24, 2.45) is 33.5 Å². The van der Waals surface area contributed by atoms with Crippen LogP contribution >= 0.6 is 0 Å². The Balaban J connectivity index is 1.81. The summed E-state index contributed by atoms with van der Waals surface area (Å²) in [6, 6.07) is 0. The van der Waals surface area contributed by atoms with Gasteiger partial charge in [0.15, 0.2) is 0 Å². The van der Waals surface area contributed by atoms with Gasteiger partial charge in [0.25, 0.3) is 0 Å². The highest BCUT2D eigenvalue weighted by atomic mass is 16.3. The average molecular weight is 359 g/mol. The van der Waals surface area contributed by atoms with E-state index in [1.54, 1.807) is 11.1 Å². The van der Waals surface area contributed by atoms with E-state index in [1.807, 2.05) is 6.92 Å². The zero-order valence-electron chi connectivity index (χ0n) is 17.6. The quantitative estimate of drug-likeness (QED) is 0.672. The lowest BCUT2D eigenvalue weighted by molar-refractivity contribution is -0.0855. The third-order valence-electron chi connectivity index (χ3n) is 9.87. The molecule has 2 fully saturated rings. The summed E-state index contributed by atoms with van der Waals surface area (Å²) in [5.41, 5.74) is 3.64. The zero-order valence-corrected chi connectivity index (χ0v) is 17.6. The molecule has 4 rings (SSSR count). The predicted octanol–water partition coefficient (Wildman–Crippen LogP) is 5.25. The second-order valence-electron chi connectivity index (χ2n) is 11.2. The van der Waals surface area contributed by atoms with Crippen molar-refractivity contribution in [3.8, 4) is 0 Å². The zero-order chi connectivity index (χ0) is 19.1. The normalized spacial score (nSPS) is 50.8. The molecule has 0 spiro atoms. The molecule has 0 aromatic heterocycles. The summed E-state index contributed by atoms with van der Waals surface area (Å²) in [6.45, 7) is 13.9. The summed E-state index contributed by atoms with van der Waals surface area (Å²) in [5.74, 6) is 0.900. The molecule has 0 amide bonds. The van der Waals surface area contributed by atoms with Gasteiger partial charge in [-0.05, 0) is 90.1 Å². The summed E-state index contributed by atoms with van der Waals surface area (Å²) >= 11 is 0. The van der Waals surface area contributed by atoms with Gasteiger partial charge in [0, 0.05) is 0 Å². The van der Waals surface area contributed by atoms with E-state index in [1.165, 1.54) is 6.42 Å². The molecule has 0 bridgehead atoms. The Morgan fingerprint density at radius 2 is 1.69 bits per heavy atom. The Labute approximate surface area is 159 Å². The van der Waals surface area contributed by atoms with E-state index in [4.69, 9.17) is 0 Å². The summed E-state index contributed by atoms with van der Waals surface area (Å²) < 4.78 is 0. The molecule has 146 valence electrons. The lowest BCUT2D eigenvalue weighted by Gasteiger charge is -2.61. The highest BCUT2D eigenvalue weighted by Gasteiger charge is 2.63. The number of rotatable bonds is 1. The maximum Gasteiger partial charge on any atom is 0.0594 e. The van der Waals surface area contributed by atoms with Crippen LogP contribution < -0.4 is 0 Å². The van der Waals surface area contributed by atoms with Crippen molar-refractivity contribution in [3.63, 3.8) is 0 Å². The molecule has 0 aromatic carbocycles. The minimum Gasteiger partial charge on any atom is -0.393 e. The fourth-order valence-electron chi connectivity index (χ4n) is 7.81. The van der Waals surface area contributed by atoms with Crippen molar-refractivity contribution in [2.45, 2.75) is 92.3 Å². The number of aliphatic hydroxyl groups is 2. The lowest BCUT2D eigenvalue weighted by atomic mass is 9.44. The van der Waals surface area contributed by atoms with Gasteiger partial charge in [-0.3, -0.25) is 0 Å². The summed E-state index contributed by atoms with van der Waals surface area (Å²) in [5, 5.41) is 21.1. The fraction of sp³-hybridized carbons (Fsp3) is 0.833. The third-order valence-corrected chi connectivity index (χ3v) is 9.87. The molecule has 0 heterocycles. The average Bonchev–Trinajstić information content (AvgIpc) is 2.84. The monoisotopic (exact) mass is 358 g/mol. The van der Waals surface area contributed by atoms with Crippen LogP contribution in [0.15, 0.2) is 23.3 Å². The molecule has 2 unspecified atom stereocenters. The smallest absolute Gasteiger partial charge is 0.0594 e. The molecular weight excluding hydrogens is 320 g/mol. The molecule has 0 saturated heterocycles. The summed E-state index contributed by atoms with van der Waals surface area (Å²) in [7, 11) is 0. The first-order valence-corrected chi connectivity index (χ1v) is 10.8. The Hall–Kier alpha value is -0.600. The van der Waals surface area contributed by atoms with Crippen molar-refractivity contribution < 1.29 is 10.2 Å². The number of hydrogen-bond acceptors (Lipinski definition) is 2. The van der Waals surface area contributed by atoms with Crippen molar-refractivity contribution >= 4 is 0 Å². The first-order valence-electron chi connectivity index (χ1n) is 10.8. The molecule has 4 aliphatic carbocycles. The first kappa shape index (κ1) is 18.7. The number of fused-ring (bicyclic) bond motifs is 5. The molecule has 7 atom stereocenters. The Morgan fingerprint density at radius 1 is 1.00 bits per heavy atom. The molecule has 0 aliphatic heterocycles. The Morgan fingerprint density at radius 3 is 2.35 bits per heavy atom. The van der Waals surface area contributed by atoms with Gasteiger partial charge >= 0.3 is 0 Å². The molecule has 2 N–H and O–H groups in total. The topological polar surface area (TPSA) is 40.5 Å². The van der Waals surface area contributed by atoms with Crippen molar-refractivity contribution in [1.82, 2.24) is 0 Å². The molecular formula is C24H38O2. The van der Waals surface area contributed by atoms with E-state index < -0.39 is 0 Å². The molecule has 2 heteroatoms. The van der Waals surface area contributed by atoms with E-state index >= 15 is 0 Å². The van der Waals surface area contributed by atoms with Crippen LogP contribution in [0.1, 0.15) is 80.1 Å². The minimum absolute atomic E-state index is 0.0324. The van der Waals surface area contributed by atoms with Gasteiger partial charge in [0.1, 0.15) is 0 Å². The van der Waals surface area contributed by atoms with Gasteiger partial charge in [-0.1, -0.05) is 46.8 Å². The van der Waals surface area contributed by atoms with Gasteiger partial charge in [-0.25, -0.2) is 0 Å². The van der Waals surface area contributed by atoms with Crippen molar-refractivity contribution in [3.05, 3.63) is 23.3 Å². The second-order valence-corrected chi connectivity index (χ2v) is 11.2. The molecule has 0 aromatic rings. The first-order chi connectivity index (χ1) is 12.0. The summed E-state index contributed by atoms with van der Waals surface area (Å²) in [6.07, 6.45) is 11.1. The molecule has 2 saturated carbocycles. The molecule has 2 nitrogen and oxygen atoms in total. The van der Waals surface area contributed by atoms with Crippen LogP contribution in [0, 0.1) is 33.5 Å². The third kappa shape index (κ3) is 2.07. The van der Waals surface area contributed by atoms with E-state index in [0.29, 0.717) is 11.8 Å². The van der Waals surface area contributed by atoms with Gasteiger partial charge < -0.3 is 10.2 Å². The SMILES string of the molecule is CC(O)[C@H]1CC[C@@]2(C)C3=CCC4C(C)(C)[C@@H](O)CC[C@]4(C)C3=CC[C@]12C. The van der Waals surface area contributed by atoms with E-state index in [2.05, 4.69) is 46.8 Å². The molecule has 26 heavy (non-hydrogen) atoms. The van der Waals surface area contributed by atoms with Gasteiger partial charge in [0.05, 0.1) is 12.2 Å². The highest BCUT2D eigenvalue weighted by molar-refractivity contribution is 5.49. The van der Waals surface area contributed by atoms with Crippen LogP contribution in [0.5, 0.6) is 0 Å². The van der Waals surface area contributed by atoms with E-state index in [-0.39, 0.29) is 33.9 Å². The Kier molecular flexibility index (Phi) is 3.95. The van der Waals surface area contributed by atoms with Crippen LogP contribution in [0.3, 0.4) is 0 Å². The molecule has 0 radical (unpaired) electrons. The van der Waals surface area contributed by atoms with Crippen LogP contribution in [-0.2, 0) is 0 Å². The minimum atomic E-state index is -0.229. The van der Waals surface area contributed by atoms with Gasteiger partial charge in [0.2, 0.25) is 0 Å². The van der Waals surface area contributed by atoms with Gasteiger partial charge in [-0.15, -0.1) is 0 Å². The van der Waals surface area contributed by atoms with Crippen LogP contribution in [0.4, 0.5) is 0 Å². The summed E-state index contributed by atoms with van der Waals surface area (Å²) in [4.78, 5) is 0. The van der Waals surface area contributed by atoms with Crippen molar-refractivity contribution in [2.75, 3.05) is 0 Å². The largest absolute Gasteiger partial charge is 0.393 e. The maximum atomic E-state index is 10.7. The van der Waals surface area contributed by atoms with E-state index in [9.17, 15) is 10.2 Å². The lowest BCUT2D eigenvalue weighted by Crippen LogP contribution is -2.54. The predicted molar refractivity (Wildman–Crippen MR) is 107 cm³/mol. The van der Waals surface area contributed by atoms with Gasteiger partial charge in [-0.2, -0.15) is 0 Å².